The summed E-state index contributed by atoms with van der Waals surface area (Å²) in [4.78, 5) is 27.0. The molecule has 0 aliphatic heterocycles. The van der Waals surface area contributed by atoms with E-state index in [4.69, 9.17) is 0 Å². The Morgan fingerprint density at radius 1 is 1.39 bits per heavy atom. The van der Waals surface area contributed by atoms with Crippen LogP contribution in [0.15, 0.2) is 42.4 Å². The molecule has 0 unspecified atom stereocenters. The Balaban J connectivity index is 1.75. The van der Waals surface area contributed by atoms with Gasteiger partial charge in [0, 0.05) is 36.6 Å². The summed E-state index contributed by atoms with van der Waals surface area (Å²) in [5, 5.41) is 3.10. The van der Waals surface area contributed by atoms with E-state index in [1.807, 2.05) is 5.38 Å². The molecular weight excluding hydrogens is 310 g/mol. The normalized spacial score (nSPS) is 10.7. The van der Waals surface area contributed by atoms with Crippen molar-refractivity contribution in [2.45, 2.75) is 19.9 Å². The topological polar surface area (TPSA) is 63.9 Å². The summed E-state index contributed by atoms with van der Waals surface area (Å²) in [6.45, 7) is 2.57. The largest absolute Gasteiger partial charge is 0.336 e. The smallest absolute Gasteiger partial charge is 0.254 e. The number of pyridine rings is 1. The highest BCUT2D eigenvalue weighted by atomic mass is 32.1. The van der Waals surface area contributed by atoms with Crippen LogP contribution in [0.3, 0.4) is 0 Å². The number of nitrogens with zero attached hydrogens (tertiary/aromatic N) is 5. The second-order valence-electron chi connectivity index (χ2n) is 5.12. The van der Waals surface area contributed by atoms with Crippen LogP contribution < -0.4 is 0 Å². The summed E-state index contributed by atoms with van der Waals surface area (Å²) in [5.41, 5.74) is 1.52. The van der Waals surface area contributed by atoms with Crippen LogP contribution in [0.5, 0.6) is 0 Å². The molecule has 0 bridgehead atoms. The number of rotatable bonds is 5. The molecule has 0 N–H and O–H groups in total. The fraction of sp³-hybridized carbons (Fsp3) is 0.250. The van der Waals surface area contributed by atoms with Gasteiger partial charge < -0.3 is 4.90 Å². The van der Waals surface area contributed by atoms with E-state index in [2.05, 4.69) is 21.9 Å². The van der Waals surface area contributed by atoms with E-state index in [0.717, 1.165) is 17.1 Å². The van der Waals surface area contributed by atoms with E-state index < -0.39 is 0 Å². The lowest BCUT2D eigenvalue weighted by atomic mass is 10.2. The van der Waals surface area contributed by atoms with E-state index >= 15 is 0 Å². The standard InChI is InChI=1S/C16H17N5OS/c1-3-15-19-13(10-23-15)9-20(2)16(22)12-4-5-18-14(8-12)21-7-6-17-11-21/h4-8,10-11H,3,9H2,1-2H3. The van der Waals surface area contributed by atoms with Crippen molar-refractivity contribution in [1.82, 2.24) is 24.4 Å². The summed E-state index contributed by atoms with van der Waals surface area (Å²) in [6.07, 6.45) is 7.68. The van der Waals surface area contributed by atoms with E-state index in [1.54, 1.807) is 64.9 Å². The summed E-state index contributed by atoms with van der Waals surface area (Å²) in [6, 6.07) is 3.48. The summed E-state index contributed by atoms with van der Waals surface area (Å²) in [7, 11) is 1.78. The number of carbonyl (C=O) groups is 1. The maximum atomic E-state index is 12.6. The van der Waals surface area contributed by atoms with Gasteiger partial charge in [-0.05, 0) is 18.6 Å². The fourth-order valence-corrected chi connectivity index (χ4v) is 2.94. The molecule has 0 aliphatic carbocycles. The minimum Gasteiger partial charge on any atom is -0.336 e. The molecule has 3 rings (SSSR count). The van der Waals surface area contributed by atoms with Crippen LogP contribution in [-0.2, 0) is 13.0 Å². The second kappa shape index (κ2) is 6.70. The molecule has 1 amide bonds. The predicted molar refractivity (Wildman–Crippen MR) is 88.6 cm³/mol. The Morgan fingerprint density at radius 2 is 2.26 bits per heavy atom. The molecule has 0 aromatic carbocycles. The third-order valence-electron chi connectivity index (χ3n) is 3.41. The zero-order valence-corrected chi connectivity index (χ0v) is 13.8. The van der Waals surface area contributed by atoms with Crippen molar-refractivity contribution in [3.63, 3.8) is 0 Å². The lowest BCUT2D eigenvalue weighted by Gasteiger charge is -2.16. The minimum absolute atomic E-state index is 0.0557. The molecule has 0 saturated heterocycles. The van der Waals surface area contributed by atoms with E-state index in [0.29, 0.717) is 17.9 Å². The first-order valence-corrected chi connectivity index (χ1v) is 8.18. The Morgan fingerprint density at radius 3 is 2.96 bits per heavy atom. The first-order chi connectivity index (χ1) is 11.2. The van der Waals surface area contributed by atoms with Gasteiger partial charge in [0.2, 0.25) is 0 Å². The first-order valence-electron chi connectivity index (χ1n) is 7.30. The van der Waals surface area contributed by atoms with Gasteiger partial charge in [-0.1, -0.05) is 6.92 Å². The van der Waals surface area contributed by atoms with Gasteiger partial charge in [-0.3, -0.25) is 9.36 Å². The third kappa shape index (κ3) is 3.45. The van der Waals surface area contributed by atoms with Crippen molar-refractivity contribution in [2.75, 3.05) is 7.05 Å². The molecule has 0 fully saturated rings. The van der Waals surface area contributed by atoms with Crippen molar-refractivity contribution < 1.29 is 4.79 Å². The zero-order chi connectivity index (χ0) is 16.2. The van der Waals surface area contributed by atoms with Gasteiger partial charge in [-0.2, -0.15) is 0 Å². The maximum Gasteiger partial charge on any atom is 0.254 e. The quantitative estimate of drug-likeness (QED) is 0.722. The number of thiazole rings is 1. The highest BCUT2D eigenvalue weighted by molar-refractivity contribution is 7.09. The molecule has 23 heavy (non-hydrogen) atoms. The lowest BCUT2D eigenvalue weighted by molar-refractivity contribution is 0.0783. The van der Waals surface area contributed by atoms with Crippen LogP contribution in [0, 0.1) is 0 Å². The SMILES string of the molecule is CCc1nc(CN(C)C(=O)c2ccnc(-n3ccnc3)c2)cs1. The molecule has 0 spiro atoms. The van der Waals surface area contributed by atoms with Gasteiger partial charge >= 0.3 is 0 Å². The Hall–Kier alpha value is -2.54. The molecule has 3 aromatic rings. The summed E-state index contributed by atoms with van der Waals surface area (Å²) >= 11 is 1.63. The maximum absolute atomic E-state index is 12.6. The van der Waals surface area contributed by atoms with E-state index in [9.17, 15) is 4.79 Å². The Labute approximate surface area is 138 Å². The molecule has 0 saturated carbocycles. The van der Waals surface area contributed by atoms with Crippen LogP contribution in [0.4, 0.5) is 0 Å². The van der Waals surface area contributed by atoms with Crippen LogP contribution >= 0.6 is 11.3 Å². The Bertz CT molecular complexity index is 796. The van der Waals surface area contributed by atoms with Crippen LogP contribution in [0.25, 0.3) is 5.82 Å². The van der Waals surface area contributed by atoms with Gasteiger partial charge in [0.1, 0.15) is 12.1 Å². The van der Waals surface area contributed by atoms with E-state index in [1.165, 1.54) is 0 Å². The number of amides is 1. The fourth-order valence-electron chi connectivity index (χ4n) is 2.21. The van der Waals surface area contributed by atoms with E-state index in [-0.39, 0.29) is 5.91 Å². The number of hydrogen-bond acceptors (Lipinski definition) is 5. The van der Waals surface area contributed by atoms with Crippen molar-refractivity contribution in [1.29, 1.82) is 0 Å². The number of carbonyl (C=O) groups excluding carboxylic acids is 1. The van der Waals surface area contributed by atoms with Crippen LogP contribution in [-0.4, -0.2) is 37.4 Å². The van der Waals surface area contributed by atoms with Crippen molar-refractivity contribution in [3.05, 3.63) is 58.7 Å². The monoisotopic (exact) mass is 327 g/mol. The third-order valence-corrected chi connectivity index (χ3v) is 4.45. The van der Waals surface area contributed by atoms with Gasteiger partial charge in [0.15, 0.2) is 0 Å². The zero-order valence-electron chi connectivity index (χ0n) is 13.0. The van der Waals surface area contributed by atoms with Crippen LogP contribution in [0.1, 0.15) is 28.0 Å². The van der Waals surface area contributed by atoms with Gasteiger partial charge in [0.05, 0.1) is 17.2 Å². The molecule has 118 valence electrons. The molecule has 6 nitrogen and oxygen atoms in total. The highest BCUT2D eigenvalue weighted by Gasteiger charge is 2.14. The minimum atomic E-state index is -0.0557. The van der Waals surface area contributed by atoms with Crippen molar-refractivity contribution in [3.8, 4) is 5.82 Å². The van der Waals surface area contributed by atoms with Gasteiger partial charge in [-0.15, -0.1) is 11.3 Å². The number of aryl methyl sites for hydroxylation is 1. The van der Waals surface area contributed by atoms with Crippen molar-refractivity contribution in [2.24, 2.45) is 0 Å². The van der Waals surface area contributed by atoms with Gasteiger partial charge in [-0.25, -0.2) is 15.0 Å². The average molecular weight is 327 g/mol. The van der Waals surface area contributed by atoms with Gasteiger partial charge in [0.25, 0.3) is 5.91 Å². The van der Waals surface area contributed by atoms with Crippen LogP contribution in [0.2, 0.25) is 0 Å². The molecule has 0 radical (unpaired) electrons. The Kier molecular flexibility index (Phi) is 4.47. The number of imidazole rings is 1. The lowest BCUT2D eigenvalue weighted by Crippen LogP contribution is -2.26. The molecule has 0 atom stereocenters. The molecule has 3 aromatic heterocycles. The number of aromatic nitrogens is 4. The highest BCUT2D eigenvalue weighted by Crippen LogP contribution is 2.14. The first kappa shape index (κ1) is 15.4. The second-order valence-corrected chi connectivity index (χ2v) is 6.06. The summed E-state index contributed by atoms with van der Waals surface area (Å²) in [5.74, 6) is 0.614. The molecular formula is C16H17N5OS. The molecule has 0 aliphatic rings. The molecule has 7 heteroatoms. The molecule has 3 heterocycles. The summed E-state index contributed by atoms with van der Waals surface area (Å²) < 4.78 is 1.77. The van der Waals surface area contributed by atoms with Crippen molar-refractivity contribution >= 4 is 17.2 Å². The average Bonchev–Trinajstić information content (AvgIpc) is 3.25. The predicted octanol–water partition coefficient (Wildman–Crippen LogP) is 2.56. The number of hydrogen-bond donors (Lipinski definition) is 0.